The van der Waals surface area contributed by atoms with Crippen molar-refractivity contribution in [1.82, 2.24) is 15.2 Å². The fourth-order valence-corrected chi connectivity index (χ4v) is 2.70. The fraction of sp³-hybridized carbons (Fsp3) is 0.600. The lowest BCUT2D eigenvalue weighted by Gasteiger charge is -2.26. The number of piperidine rings is 1. The minimum absolute atomic E-state index is 0.0662. The van der Waals surface area contributed by atoms with Gasteiger partial charge < -0.3 is 20.3 Å². The third-order valence-corrected chi connectivity index (χ3v) is 3.88. The highest BCUT2D eigenvalue weighted by Gasteiger charge is 2.20. The molecule has 1 aromatic rings. The van der Waals surface area contributed by atoms with E-state index in [2.05, 4.69) is 10.6 Å². The number of carboxylic acids is 1. The summed E-state index contributed by atoms with van der Waals surface area (Å²) in [6.45, 7) is 3.77. The third kappa shape index (κ3) is 4.32. The van der Waals surface area contributed by atoms with Gasteiger partial charge in [-0.25, -0.2) is 0 Å². The number of nitrogens with zero attached hydrogens (tertiary/aromatic N) is 1. The molecule has 1 aliphatic rings. The van der Waals surface area contributed by atoms with Crippen molar-refractivity contribution >= 4 is 11.9 Å². The summed E-state index contributed by atoms with van der Waals surface area (Å²) in [6.07, 6.45) is 4.49. The average Bonchev–Trinajstić information content (AvgIpc) is 2.95. The Hall–Kier alpha value is -1.82. The van der Waals surface area contributed by atoms with Gasteiger partial charge >= 0.3 is 5.97 Å². The van der Waals surface area contributed by atoms with E-state index in [-0.39, 0.29) is 18.4 Å². The second-order valence-corrected chi connectivity index (χ2v) is 5.59. The number of rotatable bonds is 6. The van der Waals surface area contributed by atoms with Crippen LogP contribution in [0.5, 0.6) is 0 Å². The van der Waals surface area contributed by atoms with Gasteiger partial charge in [-0.2, -0.15) is 0 Å². The summed E-state index contributed by atoms with van der Waals surface area (Å²) < 4.78 is 2.04. The summed E-state index contributed by atoms with van der Waals surface area (Å²) in [5, 5.41) is 14.9. The van der Waals surface area contributed by atoms with Gasteiger partial charge in [0.05, 0.1) is 0 Å². The second-order valence-electron chi connectivity index (χ2n) is 5.59. The molecule has 1 saturated heterocycles. The Morgan fingerprint density at radius 2 is 2.19 bits per heavy atom. The standard InChI is InChI=1S/C15H23N3O3/c1-11(4-5-14(19)20)17-15(21)13-3-2-10-18(13)12-6-8-16-9-7-12/h2-3,10-12,16H,4-9H2,1H3,(H,17,21)(H,19,20). The first kappa shape index (κ1) is 15.6. The van der Waals surface area contributed by atoms with E-state index >= 15 is 0 Å². The predicted octanol–water partition coefficient (Wildman–Crippen LogP) is 1.40. The van der Waals surface area contributed by atoms with Gasteiger partial charge in [0.1, 0.15) is 5.69 Å². The van der Waals surface area contributed by atoms with Gasteiger partial charge in [0.15, 0.2) is 0 Å². The Balaban J connectivity index is 1.96. The monoisotopic (exact) mass is 293 g/mol. The minimum atomic E-state index is -0.839. The van der Waals surface area contributed by atoms with Crippen molar-refractivity contribution in [2.24, 2.45) is 0 Å². The molecular formula is C15H23N3O3. The zero-order valence-electron chi connectivity index (χ0n) is 12.3. The summed E-state index contributed by atoms with van der Waals surface area (Å²) in [4.78, 5) is 22.9. The summed E-state index contributed by atoms with van der Waals surface area (Å²) in [5.74, 6) is -0.967. The van der Waals surface area contributed by atoms with Crippen LogP contribution < -0.4 is 10.6 Å². The molecule has 21 heavy (non-hydrogen) atoms. The topological polar surface area (TPSA) is 83.4 Å². The zero-order valence-corrected chi connectivity index (χ0v) is 12.3. The van der Waals surface area contributed by atoms with E-state index in [9.17, 15) is 9.59 Å². The lowest BCUT2D eigenvalue weighted by molar-refractivity contribution is -0.137. The van der Waals surface area contributed by atoms with Crippen LogP contribution in [-0.2, 0) is 4.79 Å². The molecule has 0 bridgehead atoms. The molecule has 3 N–H and O–H groups in total. The number of hydrogen-bond donors (Lipinski definition) is 3. The van der Waals surface area contributed by atoms with E-state index in [1.54, 1.807) is 0 Å². The van der Waals surface area contributed by atoms with Crippen molar-refractivity contribution in [1.29, 1.82) is 0 Å². The molecule has 0 radical (unpaired) electrons. The Morgan fingerprint density at radius 3 is 2.86 bits per heavy atom. The largest absolute Gasteiger partial charge is 0.481 e. The molecule has 6 nitrogen and oxygen atoms in total. The lowest BCUT2D eigenvalue weighted by Crippen LogP contribution is -2.36. The summed E-state index contributed by atoms with van der Waals surface area (Å²) in [5.41, 5.74) is 0.657. The van der Waals surface area contributed by atoms with E-state index in [1.807, 2.05) is 29.8 Å². The van der Waals surface area contributed by atoms with Crippen LogP contribution in [0.1, 0.15) is 49.1 Å². The van der Waals surface area contributed by atoms with Gasteiger partial charge in [-0.3, -0.25) is 9.59 Å². The van der Waals surface area contributed by atoms with E-state index in [4.69, 9.17) is 5.11 Å². The molecule has 1 fully saturated rings. The first-order valence-electron chi connectivity index (χ1n) is 7.48. The maximum atomic E-state index is 12.3. The number of aromatic nitrogens is 1. The van der Waals surface area contributed by atoms with Crippen molar-refractivity contribution in [2.75, 3.05) is 13.1 Å². The number of hydrogen-bond acceptors (Lipinski definition) is 3. The normalized spacial score (nSPS) is 17.4. The molecule has 2 heterocycles. The van der Waals surface area contributed by atoms with Crippen molar-refractivity contribution in [3.8, 4) is 0 Å². The maximum absolute atomic E-state index is 12.3. The molecule has 1 unspecified atom stereocenters. The molecule has 1 atom stereocenters. The third-order valence-electron chi connectivity index (χ3n) is 3.88. The fourth-order valence-electron chi connectivity index (χ4n) is 2.70. The van der Waals surface area contributed by atoms with Crippen molar-refractivity contribution < 1.29 is 14.7 Å². The SMILES string of the molecule is CC(CCC(=O)O)NC(=O)c1cccn1C1CCNCC1. The minimum Gasteiger partial charge on any atom is -0.481 e. The number of amides is 1. The molecule has 6 heteroatoms. The van der Waals surface area contributed by atoms with Crippen molar-refractivity contribution in [2.45, 2.75) is 44.7 Å². The van der Waals surface area contributed by atoms with Crippen LogP contribution in [0.3, 0.4) is 0 Å². The zero-order chi connectivity index (χ0) is 15.2. The highest BCUT2D eigenvalue weighted by molar-refractivity contribution is 5.93. The van der Waals surface area contributed by atoms with Gasteiger partial charge in [0.25, 0.3) is 5.91 Å². The quantitative estimate of drug-likeness (QED) is 0.740. The highest BCUT2D eigenvalue weighted by atomic mass is 16.4. The molecule has 2 rings (SSSR count). The Morgan fingerprint density at radius 1 is 1.48 bits per heavy atom. The first-order chi connectivity index (χ1) is 10.1. The number of carbonyl (C=O) groups excluding carboxylic acids is 1. The number of nitrogens with one attached hydrogen (secondary N) is 2. The van der Waals surface area contributed by atoms with E-state index < -0.39 is 5.97 Å². The van der Waals surface area contributed by atoms with Crippen molar-refractivity contribution in [3.05, 3.63) is 24.0 Å². The molecule has 1 aliphatic heterocycles. The smallest absolute Gasteiger partial charge is 0.303 e. The Kier molecular flexibility index (Phi) is 5.38. The molecular weight excluding hydrogens is 270 g/mol. The lowest BCUT2D eigenvalue weighted by atomic mass is 10.1. The summed E-state index contributed by atoms with van der Waals surface area (Å²) in [7, 11) is 0. The van der Waals surface area contributed by atoms with Gasteiger partial charge in [0, 0.05) is 24.7 Å². The molecule has 1 aromatic heterocycles. The number of carboxylic acid groups (broad SMARTS) is 1. The predicted molar refractivity (Wildman–Crippen MR) is 79.4 cm³/mol. The molecule has 116 valence electrons. The number of carbonyl (C=O) groups is 2. The van der Waals surface area contributed by atoms with Crippen LogP contribution in [0.2, 0.25) is 0 Å². The van der Waals surface area contributed by atoms with Crippen molar-refractivity contribution in [3.63, 3.8) is 0 Å². The molecule has 1 amide bonds. The Bertz CT molecular complexity index is 492. The van der Waals surface area contributed by atoms with Gasteiger partial charge in [0.2, 0.25) is 0 Å². The molecule has 0 aromatic carbocycles. The molecule has 0 aliphatic carbocycles. The van der Waals surface area contributed by atoms with Crippen LogP contribution in [0.25, 0.3) is 0 Å². The first-order valence-corrected chi connectivity index (χ1v) is 7.48. The van der Waals surface area contributed by atoms with Crippen LogP contribution >= 0.6 is 0 Å². The maximum Gasteiger partial charge on any atom is 0.303 e. The van der Waals surface area contributed by atoms with Crippen LogP contribution in [0.4, 0.5) is 0 Å². The average molecular weight is 293 g/mol. The molecule has 0 spiro atoms. The summed E-state index contributed by atoms with van der Waals surface area (Å²) in [6, 6.07) is 3.92. The van der Waals surface area contributed by atoms with E-state index in [0.29, 0.717) is 18.2 Å². The van der Waals surface area contributed by atoms with E-state index in [0.717, 1.165) is 25.9 Å². The van der Waals surface area contributed by atoms with Gasteiger partial charge in [-0.05, 0) is 51.4 Å². The van der Waals surface area contributed by atoms with Crippen LogP contribution in [-0.4, -0.2) is 40.7 Å². The van der Waals surface area contributed by atoms with E-state index in [1.165, 1.54) is 0 Å². The number of aliphatic carboxylic acids is 1. The second kappa shape index (κ2) is 7.26. The van der Waals surface area contributed by atoms with Crippen LogP contribution in [0.15, 0.2) is 18.3 Å². The van der Waals surface area contributed by atoms with Gasteiger partial charge in [-0.1, -0.05) is 0 Å². The highest BCUT2D eigenvalue weighted by Crippen LogP contribution is 2.21. The Labute approximate surface area is 124 Å². The van der Waals surface area contributed by atoms with Gasteiger partial charge in [-0.15, -0.1) is 0 Å². The molecule has 0 saturated carbocycles. The van der Waals surface area contributed by atoms with Crippen LogP contribution in [0, 0.1) is 0 Å². The summed E-state index contributed by atoms with van der Waals surface area (Å²) >= 11 is 0.